The molecule has 0 amide bonds. The number of hydrogen-bond acceptors (Lipinski definition) is 3. The minimum Gasteiger partial charge on any atom is -0.481 e. The van der Waals surface area contributed by atoms with Crippen LogP contribution in [0.2, 0.25) is 5.02 Å². The standard InChI is InChI=1S/C12H15BrClNO4S/c1-3-12(2,11(16)17)7-15-20(18,19)10-5-4-8(13)6-9(10)14/h4-6,15H,3,7H2,1-2H3,(H,16,17). The fourth-order valence-electron chi connectivity index (χ4n) is 1.38. The lowest BCUT2D eigenvalue weighted by Crippen LogP contribution is -2.40. The van der Waals surface area contributed by atoms with Crippen molar-refractivity contribution in [2.45, 2.75) is 25.2 Å². The maximum Gasteiger partial charge on any atom is 0.310 e. The van der Waals surface area contributed by atoms with E-state index >= 15 is 0 Å². The Labute approximate surface area is 131 Å². The van der Waals surface area contributed by atoms with Gasteiger partial charge in [0.15, 0.2) is 0 Å². The number of aliphatic carboxylic acids is 1. The first-order valence-electron chi connectivity index (χ1n) is 5.80. The highest BCUT2D eigenvalue weighted by Gasteiger charge is 2.33. The Hall–Kier alpha value is -0.630. The van der Waals surface area contributed by atoms with Gasteiger partial charge in [-0.1, -0.05) is 34.5 Å². The van der Waals surface area contributed by atoms with Crippen molar-refractivity contribution >= 4 is 43.5 Å². The van der Waals surface area contributed by atoms with Crippen molar-refractivity contribution in [2.75, 3.05) is 6.54 Å². The molecule has 0 bridgehead atoms. The molecule has 1 atom stereocenters. The van der Waals surface area contributed by atoms with Gasteiger partial charge in [-0.25, -0.2) is 13.1 Å². The van der Waals surface area contributed by atoms with Crippen LogP contribution < -0.4 is 4.72 Å². The van der Waals surface area contributed by atoms with E-state index in [1.807, 2.05) is 0 Å². The van der Waals surface area contributed by atoms with Crippen molar-refractivity contribution in [1.29, 1.82) is 0 Å². The summed E-state index contributed by atoms with van der Waals surface area (Å²) in [6, 6.07) is 4.38. The fraction of sp³-hybridized carbons (Fsp3) is 0.417. The number of hydrogen-bond donors (Lipinski definition) is 2. The lowest BCUT2D eigenvalue weighted by Gasteiger charge is -2.23. The van der Waals surface area contributed by atoms with Crippen molar-refractivity contribution < 1.29 is 18.3 Å². The number of sulfonamides is 1. The summed E-state index contributed by atoms with van der Waals surface area (Å²) in [5.41, 5.74) is -1.16. The molecule has 20 heavy (non-hydrogen) atoms. The number of halogens is 2. The Morgan fingerprint density at radius 2 is 2.10 bits per heavy atom. The quantitative estimate of drug-likeness (QED) is 0.790. The van der Waals surface area contributed by atoms with Gasteiger partial charge in [-0.2, -0.15) is 0 Å². The summed E-state index contributed by atoms with van der Waals surface area (Å²) < 4.78 is 27.2. The van der Waals surface area contributed by atoms with Crippen LogP contribution in [-0.4, -0.2) is 26.0 Å². The van der Waals surface area contributed by atoms with E-state index in [1.165, 1.54) is 19.1 Å². The molecule has 0 spiro atoms. The number of carboxylic acids is 1. The zero-order valence-corrected chi connectivity index (χ0v) is 14.1. The van der Waals surface area contributed by atoms with E-state index in [0.29, 0.717) is 10.9 Å². The van der Waals surface area contributed by atoms with Crippen LogP contribution in [0.5, 0.6) is 0 Å². The van der Waals surface area contributed by atoms with Crippen molar-refractivity contribution in [3.8, 4) is 0 Å². The van der Waals surface area contributed by atoms with Gasteiger partial charge < -0.3 is 5.11 Å². The van der Waals surface area contributed by atoms with E-state index in [-0.39, 0.29) is 16.5 Å². The first-order chi connectivity index (χ1) is 9.12. The van der Waals surface area contributed by atoms with E-state index in [2.05, 4.69) is 20.7 Å². The van der Waals surface area contributed by atoms with E-state index in [1.54, 1.807) is 13.0 Å². The van der Waals surface area contributed by atoms with Gasteiger partial charge >= 0.3 is 5.97 Å². The van der Waals surface area contributed by atoms with Gasteiger partial charge in [0.1, 0.15) is 4.90 Å². The number of nitrogens with one attached hydrogen (secondary N) is 1. The summed E-state index contributed by atoms with van der Waals surface area (Å²) in [7, 11) is -3.85. The first kappa shape index (κ1) is 17.4. The molecule has 0 radical (unpaired) electrons. The van der Waals surface area contributed by atoms with Crippen LogP contribution in [0.25, 0.3) is 0 Å². The SMILES string of the molecule is CCC(C)(CNS(=O)(=O)c1ccc(Br)cc1Cl)C(=O)O. The van der Waals surface area contributed by atoms with Crippen LogP contribution in [0, 0.1) is 5.41 Å². The van der Waals surface area contributed by atoms with Crippen molar-refractivity contribution in [2.24, 2.45) is 5.41 Å². The average Bonchev–Trinajstić information content (AvgIpc) is 2.35. The second-order valence-corrected chi connectivity index (χ2v) is 7.68. The van der Waals surface area contributed by atoms with E-state index in [4.69, 9.17) is 16.7 Å². The second-order valence-electron chi connectivity index (χ2n) is 4.62. The number of rotatable bonds is 6. The second kappa shape index (κ2) is 6.43. The summed E-state index contributed by atoms with van der Waals surface area (Å²) in [4.78, 5) is 11.1. The molecule has 1 unspecified atom stereocenters. The monoisotopic (exact) mass is 383 g/mol. The highest BCUT2D eigenvalue weighted by Crippen LogP contribution is 2.26. The molecular formula is C12H15BrClNO4S. The van der Waals surface area contributed by atoms with Crippen LogP contribution in [0.3, 0.4) is 0 Å². The molecule has 112 valence electrons. The maximum absolute atomic E-state index is 12.1. The van der Waals surface area contributed by atoms with Gasteiger partial charge in [0.05, 0.1) is 10.4 Å². The highest BCUT2D eigenvalue weighted by atomic mass is 79.9. The Kier molecular flexibility index (Phi) is 5.60. The van der Waals surface area contributed by atoms with Gasteiger partial charge in [0.2, 0.25) is 10.0 Å². The summed E-state index contributed by atoms with van der Waals surface area (Å²) in [6.45, 7) is 2.98. The number of carboxylic acid groups (broad SMARTS) is 1. The third-order valence-corrected chi connectivity index (χ3v) is 5.51. The lowest BCUT2D eigenvalue weighted by molar-refractivity contribution is -0.147. The molecule has 1 aromatic rings. The highest BCUT2D eigenvalue weighted by molar-refractivity contribution is 9.10. The zero-order valence-electron chi connectivity index (χ0n) is 11.0. The Morgan fingerprint density at radius 3 is 2.55 bits per heavy atom. The van der Waals surface area contributed by atoms with Crippen LogP contribution in [0.15, 0.2) is 27.6 Å². The maximum atomic E-state index is 12.1. The van der Waals surface area contributed by atoms with Crippen LogP contribution in [-0.2, 0) is 14.8 Å². The Bertz CT molecular complexity index is 620. The fourth-order valence-corrected chi connectivity index (χ4v) is 3.58. The molecule has 5 nitrogen and oxygen atoms in total. The van der Waals surface area contributed by atoms with Crippen LogP contribution in [0.1, 0.15) is 20.3 Å². The predicted molar refractivity (Wildman–Crippen MR) is 80.4 cm³/mol. The van der Waals surface area contributed by atoms with E-state index < -0.39 is 21.4 Å². The molecular weight excluding hydrogens is 370 g/mol. The normalized spacial score (nSPS) is 14.8. The smallest absolute Gasteiger partial charge is 0.310 e. The molecule has 0 aliphatic carbocycles. The molecule has 0 aromatic heterocycles. The molecule has 0 saturated heterocycles. The lowest BCUT2D eigenvalue weighted by atomic mass is 9.88. The predicted octanol–water partition coefficient (Wildman–Crippen LogP) is 2.88. The van der Waals surface area contributed by atoms with Crippen molar-refractivity contribution in [3.63, 3.8) is 0 Å². The number of carbonyl (C=O) groups is 1. The topological polar surface area (TPSA) is 83.5 Å². The van der Waals surface area contributed by atoms with Gasteiger partial charge in [-0.05, 0) is 31.5 Å². The molecule has 8 heteroatoms. The third kappa shape index (κ3) is 3.94. The van der Waals surface area contributed by atoms with Crippen LogP contribution in [0.4, 0.5) is 0 Å². The molecule has 0 aliphatic heterocycles. The third-order valence-electron chi connectivity index (χ3n) is 3.13. The molecule has 0 fully saturated rings. The minimum atomic E-state index is -3.85. The molecule has 1 aromatic carbocycles. The van der Waals surface area contributed by atoms with Crippen molar-refractivity contribution in [1.82, 2.24) is 4.72 Å². The summed E-state index contributed by atoms with van der Waals surface area (Å²) >= 11 is 9.08. The van der Waals surface area contributed by atoms with Crippen LogP contribution >= 0.6 is 27.5 Å². The Balaban J connectivity index is 2.99. The summed E-state index contributed by atoms with van der Waals surface area (Å²) in [6.07, 6.45) is 0.304. The molecule has 0 heterocycles. The largest absolute Gasteiger partial charge is 0.481 e. The molecule has 1 rings (SSSR count). The van der Waals surface area contributed by atoms with E-state index in [0.717, 1.165) is 0 Å². The van der Waals surface area contributed by atoms with Gasteiger partial charge in [-0.3, -0.25) is 4.79 Å². The minimum absolute atomic E-state index is 0.0698. The van der Waals surface area contributed by atoms with Crippen molar-refractivity contribution in [3.05, 3.63) is 27.7 Å². The average molecular weight is 385 g/mol. The number of benzene rings is 1. The Morgan fingerprint density at radius 1 is 1.50 bits per heavy atom. The zero-order chi connectivity index (χ0) is 15.6. The summed E-state index contributed by atoms with van der Waals surface area (Å²) in [5.74, 6) is -1.05. The van der Waals surface area contributed by atoms with Gasteiger partial charge in [-0.15, -0.1) is 0 Å². The molecule has 2 N–H and O–H groups in total. The molecule has 0 aliphatic rings. The summed E-state index contributed by atoms with van der Waals surface area (Å²) in [5, 5.41) is 9.19. The van der Waals surface area contributed by atoms with E-state index in [9.17, 15) is 13.2 Å². The van der Waals surface area contributed by atoms with Gasteiger partial charge in [0, 0.05) is 11.0 Å². The molecule has 0 saturated carbocycles. The van der Waals surface area contributed by atoms with Gasteiger partial charge in [0.25, 0.3) is 0 Å². The first-order valence-corrected chi connectivity index (χ1v) is 8.46.